The highest BCUT2D eigenvalue weighted by Gasteiger charge is 2.00. The van der Waals surface area contributed by atoms with Crippen LogP contribution in [0.1, 0.15) is 19.5 Å². The normalized spacial score (nSPS) is 9.54. The van der Waals surface area contributed by atoms with Gasteiger partial charge in [0.05, 0.1) is 5.69 Å². The minimum absolute atomic E-state index is 0.998. The molecule has 0 aliphatic carbocycles. The Kier molecular flexibility index (Phi) is 3.01. The summed E-state index contributed by atoms with van der Waals surface area (Å²) < 4.78 is 1.99. The number of aromatic nitrogens is 3. The predicted molar refractivity (Wildman–Crippen MR) is 54.6 cm³/mol. The van der Waals surface area contributed by atoms with Crippen molar-refractivity contribution in [2.45, 2.75) is 20.8 Å². The molecule has 13 heavy (non-hydrogen) atoms. The standard InChI is InChI=1S/C8H9N3.C2H6/c1-6-7-3-4-11(2)8(7)10-5-9-6;1-2/h3-5H,1-2H3;1-2H3. The molecular weight excluding hydrogens is 162 g/mol. The van der Waals surface area contributed by atoms with Crippen molar-refractivity contribution in [3.63, 3.8) is 0 Å². The monoisotopic (exact) mass is 177 g/mol. The molecule has 0 atom stereocenters. The zero-order valence-corrected chi connectivity index (χ0v) is 8.57. The van der Waals surface area contributed by atoms with Gasteiger partial charge in [0.15, 0.2) is 0 Å². The second kappa shape index (κ2) is 4.03. The molecule has 0 unspecified atom stereocenters. The summed E-state index contributed by atoms with van der Waals surface area (Å²) in [7, 11) is 1.98. The molecule has 0 aliphatic rings. The van der Waals surface area contributed by atoms with Crippen LogP contribution in [0.15, 0.2) is 18.6 Å². The molecule has 0 saturated heterocycles. The minimum atomic E-state index is 0.998. The summed E-state index contributed by atoms with van der Waals surface area (Å²) in [5, 5.41) is 1.13. The summed E-state index contributed by atoms with van der Waals surface area (Å²) in [5.41, 5.74) is 2.04. The van der Waals surface area contributed by atoms with Gasteiger partial charge in [-0.25, -0.2) is 9.97 Å². The second-order valence-corrected chi connectivity index (χ2v) is 2.62. The Hall–Kier alpha value is -1.38. The molecule has 0 radical (unpaired) electrons. The Bertz CT molecular complexity index is 390. The van der Waals surface area contributed by atoms with Gasteiger partial charge in [-0.15, -0.1) is 0 Å². The lowest BCUT2D eigenvalue weighted by Crippen LogP contribution is -1.90. The Morgan fingerprint density at radius 3 is 2.54 bits per heavy atom. The lowest BCUT2D eigenvalue weighted by molar-refractivity contribution is 0.941. The highest BCUT2D eigenvalue weighted by atomic mass is 15.0. The molecule has 3 nitrogen and oxygen atoms in total. The van der Waals surface area contributed by atoms with Gasteiger partial charge in [0.25, 0.3) is 0 Å². The van der Waals surface area contributed by atoms with Gasteiger partial charge < -0.3 is 4.57 Å². The van der Waals surface area contributed by atoms with Crippen LogP contribution in [0.5, 0.6) is 0 Å². The third-order valence-electron chi connectivity index (χ3n) is 1.86. The quantitative estimate of drug-likeness (QED) is 0.618. The van der Waals surface area contributed by atoms with E-state index in [1.807, 2.05) is 44.6 Å². The lowest BCUT2D eigenvalue weighted by Gasteiger charge is -1.94. The van der Waals surface area contributed by atoms with Gasteiger partial charge >= 0.3 is 0 Å². The van der Waals surface area contributed by atoms with E-state index in [0.29, 0.717) is 0 Å². The van der Waals surface area contributed by atoms with Gasteiger partial charge in [-0.2, -0.15) is 0 Å². The fourth-order valence-electron chi connectivity index (χ4n) is 1.20. The number of hydrogen-bond acceptors (Lipinski definition) is 2. The molecule has 0 aliphatic heterocycles. The van der Waals surface area contributed by atoms with E-state index in [-0.39, 0.29) is 0 Å². The first-order valence-corrected chi connectivity index (χ1v) is 4.51. The van der Waals surface area contributed by atoms with Crippen LogP contribution in [0.4, 0.5) is 0 Å². The van der Waals surface area contributed by atoms with E-state index >= 15 is 0 Å². The van der Waals surface area contributed by atoms with Crippen LogP contribution in [0, 0.1) is 6.92 Å². The fraction of sp³-hybridized carbons (Fsp3) is 0.400. The summed E-state index contributed by atoms with van der Waals surface area (Å²) in [6.45, 7) is 5.99. The van der Waals surface area contributed by atoms with Crippen LogP contribution in [0.25, 0.3) is 11.0 Å². The van der Waals surface area contributed by atoms with Crippen molar-refractivity contribution in [2.75, 3.05) is 0 Å². The second-order valence-electron chi connectivity index (χ2n) is 2.62. The molecule has 2 rings (SSSR count). The zero-order valence-electron chi connectivity index (χ0n) is 8.57. The van der Waals surface area contributed by atoms with Crippen LogP contribution in [-0.2, 0) is 7.05 Å². The topological polar surface area (TPSA) is 30.7 Å². The molecule has 0 N–H and O–H groups in total. The maximum Gasteiger partial charge on any atom is 0.143 e. The third-order valence-corrected chi connectivity index (χ3v) is 1.86. The average molecular weight is 177 g/mol. The molecule has 2 aromatic rings. The molecule has 3 heteroatoms. The smallest absolute Gasteiger partial charge is 0.143 e. The van der Waals surface area contributed by atoms with Gasteiger partial charge in [0.1, 0.15) is 12.0 Å². The van der Waals surface area contributed by atoms with Crippen molar-refractivity contribution in [2.24, 2.45) is 7.05 Å². The van der Waals surface area contributed by atoms with E-state index < -0.39 is 0 Å². The largest absolute Gasteiger partial charge is 0.335 e. The molecule has 0 saturated carbocycles. The maximum absolute atomic E-state index is 4.15. The van der Waals surface area contributed by atoms with Crippen LogP contribution >= 0.6 is 0 Å². The van der Waals surface area contributed by atoms with Crippen molar-refractivity contribution in [1.82, 2.24) is 14.5 Å². The van der Waals surface area contributed by atoms with Gasteiger partial charge in [0.2, 0.25) is 0 Å². The van der Waals surface area contributed by atoms with Gasteiger partial charge in [0, 0.05) is 18.6 Å². The minimum Gasteiger partial charge on any atom is -0.335 e. The van der Waals surface area contributed by atoms with E-state index in [9.17, 15) is 0 Å². The number of aryl methyl sites for hydroxylation is 2. The Morgan fingerprint density at radius 1 is 1.23 bits per heavy atom. The molecule has 0 spiro atoms. The highest BCUT2D eigenvalue weighted by Crippen LogP contribution is 2.13. The van der Waals surface area contributed by atoms with Crippen LogP contribution in [0.2, 0.25) is 0 Å². The first kappa shape index (κ1) is 9.71. The number of fused-ring (bicyclic) bond motifs is 1. The molecule has 0 amide bonds. The zero-order chi connectivity index (χ0) is 9.84. The molecule has 70 valence electrons. The predicted octanol–water partition coefficient (Wildman–Crippen LogP) is 2.30. The number of hydrogen-bond donors (Lipinski definition) is 0. The lowest BCUT2D eigenvalue weighted by atomic mass is 10.3. The Morgan fingerprint density at radius 2 is 1.92 bits per heavy atom. The Balaban J connectivity index is 0.000000396. The van der Waals surface area contributed by atoms with E-state index in [4.69, 9.17) is 0 Å². The van der Waals surface area contributed by atoms with Crippen molar-refractivity contribution in [3.8, 4) is 0 Å². The third kappa shape index (κ3) is 1.69. The summed E-state index contributed by atoms with van der Waals surface area (Å²) in [4.78, 5) is 8.25. The van der Waals surface area contributed by atoms with Gasteiger partial charge in [-0.3, -0.25) is 0 Å². The van der Waals surface area contributed by atoms with Crippen molar-refractivity contribution in [1.29, 1.82) is 0 Å². The highest BCUT2D eigenvalue weighted by molar-refractivity contribution is 5.77. The Labute approximate surface area is 78.4 Å². The van der Waals surface area contributed by atoms with Crippen LogP contribution in [-0.4, -0.2) is 14.5 Å². The summed E-state index contributed by atoms with van der Waals surface area (Å²) in [6.07, 6.45) is 3.59. The van der Waals surface area contributed by atoms with E-state index in [2.05, 4.69) is 9.97 Å². The van der Waals surface area contributed by atoms with E-state index in [1.165, 1.54) is 0 Å². The maximum atomic E-state index is 4.15. The first-order chi connectivity index (χ1) is 6.29. The summed E-state index contributed by atoms with van der Waals surface area (Å²) in [6, 6.07) is 2.03. The fourth-order valence-corrected chi connectivity index (χ4v) is 1.20. The summed E-state index contributed by atoms with van der Waals surface area (Å²) in [5.74, 6) is 0. The molecular formula is C10H15N3. The molecule has 0 fully saturated rings. The number of nitrogens with zero attached hydrogens (tertiary/aromatic N) is 3. The SMILES string of the molecule is CC.Cc1ncnc2c1ccn2C. The van der Waals surface area contributed by atoms with Crippen molar-refractivity contribution in [3.05, 3.63) is 24.3 Å². The first-order valence-electron chi connectivity index (χ1n) is 4.51. The van der Waals surface area contributed by atoms with Crippen LogP contribution < -0.4 is 0 Å². The van der Waals surface area contributed by atoms with Crippen molar-refractivity contribution < 1.29 is 0 Å². The van der Waals surface area contributed by atoms with E-state index in [1.54, 1.807) is 6.33 Å². The molecule has 2 heterocycles. The van der Waals surface area contributed by atoms with Crippen molar-refractivity contribution >= 4 is 11.0 Å². The molecule has 0 aromatic carbocycles. The molecule has 2 aromatic heterocycles. The van der Waals surface area contributed by atoms with Gasteiger partial charge in [-0.1, -0.05) is 13.8 Å². The van der Waals surface area contributed by atoms with Crippen LogP contribution in [0.3, 0.4) is 0 Å². The summed E-state index contributed by atoms with van der Waals surface area (Å²) >= 11 is 0. The van der Waals surface area contributed by atoms with E-state index in [0.717, 1.165) is 16.7 Å². The number of rotatable bonds is 0. The van der Waals surface area contributed by atoms with Gasteiger partial charge in [-0.05, 0) is 13.0 Å². The average Bonchev–Trinajstić information content (AvgIpc) is 2.53. The molecule has 0 bridgehead atoms.